The fourth-order valence-electron chi connectivity index (χ4n) is 0.366. The van der Waals surface area contributed by atoms with E-state index >= 15 is 0 Å². The summed E-state index contributed by atoms with van der Waals surface area (Å²) in [6.07, 6.45) is -2.00. The van der Waals surface area contributed by atoms with E-state index in [1.165, 1.54) is 12.8 Å². The maximum Gasteiger partial charge on any atom is 0.335 e. The topological polar surface area (TPSA) is 141 Å². The summed E-state index contributed by atoms with van der Waals surface area (Å²) in [5, 5.41) is 32.5. The van der Waals surface area contributed by atoms with Gasteiger partial charge < -0.3 is 26.2 Å². The van der Waals surface area contributed by atoms with Crippen molar-refractivity contribution in [1.29, 1.82) is 0 Å². The first-order chi connectivity index (χ1) is 6.36. The van der Waals surface area contributed by atoms with E-state index in [2.05, 4.69) is 0 Å². The van der Waals surface area contributed by atoms with E-state index in [1.54, 1.807) is 0 Å². The molecule has 0 bridgehead atoms. The maximum atomic E-state index is 9.77. The van der Waals surface area contributed by atoms with Crippen LogP contribution in [0.5, 0.6) is 0 Å². The molecule has 0 radical (unpaired) electrons. The van der Waals surface area contributed by atoms with Gasteiger partial charge >= 0.3 is 11.9 Å². The SMILES string of the molecule is NC1CC1.O=C(O)C(O)C(O)C(=O)O. The molecule has 0 aromatic rings. The lowest BCUT2D eigenvalue weighted by Gasteiger charge is -2.07. The van der Waals surface area contributed by atoms with Crippen LogP contribution in [0.25, 0.3) is 0 Å². The van der Waals surface area contributed by atoms with Gasteiger partial charge in [0.25, 0.3) is 0 Å². The molecule has 2 atom stereocenters. The highest BCUT2D eigenvalue weighted by Gasteiger charge is 2.29. The Morgan fingerprint density at radius 1 is 1.07 bits per heavy atom. The summed E-state index contributed by atoms with van der Waals surface area (Å²) in [4.78, 5) is 19.5. The Labute approximate surface area is 79.8 Å². The van der Waals surface area contributed by atoms with Crippen molar-refractivity contribution < 1.29 is 30.0 Å². The fraction of sp³-hybridized carbons (Fsp3) is 0.714. The van der Waals surface area contributed by atoms with E-state index in [0.717, 1.165) is 0 Å². The molecule has 1 saturated carbocycles. The van der Waals surface area contributed by atoms with Crippen molar-refractivity contribution >= 4 is 11.9 Å². The van der Waals surface area contributed by atoms with Gasteiger partial charge in [-0.2, -0.15) is 0 Å². The maximum absolute atomic E-state index is 9.77. The molecule has 1 rings (SSSR count). The standard InChI is InChI=1S/C4H6O6.C3H7N/c5-1(3(7)8)2(6)4(9)10;4-3-1-2-3/h1-2,5-6H,(H,7,8)(H,9,10);3H,1-2,4H2. The lowest BCUT2D eigenvalue weighted by molar-refractivity contribution is -0.165. The molecule has 0 aromatic carbocycles. The van der Waals surface area contributed by atoms with Crippen LogP contribution < -0.4 is 5.73 Å². The molecule has 14 heavy (non-hydrogen) atoms. The van der Waals surface area contributed by atoms with Gasteiger partial charge in [-0.05, 0) is 12.8 Å². The van der Waals surface area contributed by atoms with Crippen LogP contribution >= 0.6 is 0 Å². The summed E-state index contributed by atoms with van der Waals surface area (Å²) in [7, 11) is 0. The lowest BCUT2D eigenvalue weighted by Crippen LogP contribution is -2.39. The summed E-state index contributed by atoms with van der Waals surface area (Å²) >= 11 is 0. The average Bonchev–Trinajstić information content (AvgIpc) is 2.85. The van der Waals surface area contributed by atoms with Gasteiger partial charge in [0.1, 0.15) is 0 Å². The Kier molecular flexibility index (Phi) is 5.06. The highest BCUT2D eigenvalue weighted by atomic mass is 16.4. The van der Waals surface area contributed by atoms with E-state index in [-0.39, 0.29) is 0 Å². The number of nitrogens with two attached hydrogens (primary N) is 1. The van der Waals surface area contributed by atoms with Crippen LogP contribution in [0.2, 0.25) is 0 Å². The normalized spacial score (nSPS) is 18.8. The molecule has 0 heterocycles. The zero-order valence-electron chi connectivity index (χ0n) is 7.33. The Balaban J connectivity index is 0.000000344. The lowest BCUT2D eigenvalue weighted by atomic mass is 10.2. The van der Waals surface area contributed by atoms with Crippen molar-refractivity contribution in [2.45, 2.75) is 31.1 Å². The number of carboxylic acid groups (broad SMARTS) is 2. The third-order valence-corrected chi connectivity index (χ3v) is 1.43. The number of hydrogen-bond acceptors (Lipinski definition) is 5. The Hall–Kier alpha value is -1.18. The van der Waals surface area contributed by atoms with Crippen molar-refractivity contribution in [3.05, 3.63) is 0 Å². The minimum Gasteiger partial charge on any atom is -0.479 e. The number of rotatable bonds is 3. The average molecular weight is 207 g/mol. The molecule has 1 fully saturated rings. The second-order valence-electron chi connectivity index (χ2n) is 2.90. The number of carboxylic acids is 2. The summed E-state index contributed by atoms with van der Waals surface area (Å²) in [6, 6.07) is 0.583. The van der Waals surface area contributed by atoms with Gasteiger partial charge in [0.2, 0.25) is 0 Å². The first kappa shape index (κ1) is 12.8. The highest BCUT2D eigenvalue weighted by molar-refractivity contribution is 5.83. The van der Waals surface area contributed by atoms with Gasteiger partial charge in [-0.25, -0.2) is 9.59 Å². The predicted molar refractivity (Wildman–Crippen MR) is 44.5 cm³/mol. The molecule has 0 spiro atoms. The number of carbonyl (C=O) groups is 2. The van der Waals surface area contributed by atoms with Crippen molar-refractivity contribution in [2.75, 3.05) is 0 Å². The predicted octanol–water partition coefficient (Wildman–Crippen LogP) is -2.02. The second kappa shape index (κ2) is 5.53. The number of aliphatic carboxylic acids is 2. The molecule has 7 nitrogen and oxygen atoms in total. The molecule has 0 aliphatic heterocycles. The Bertz CT molecular complexity index is 196. The largest absolute Gasteiger partial charge is 0.479 e. The van der Waals surface area contributed by atoms with Crippen molar-refractivity contribution in [1.82, 2.24) is 0 Å². The number of hydrogen-bond donors (Lipinski definition) is 5. The zero-order valence-corrected chi connectivity index (χ0v) is 7.33. The van der Waals surface area contributed by atoms with Gasteiger partial charge in [-0.15, -0.1) is 0 Å². The van der Waals surface area contributed by atoms with E-state index in [4.69, 9.17) is 26.2 Å². The van der Waals surface area contributed by atoms with E-state index in [1.807, 2.05) is 0 Å². The first-order valence-corrected chi connectivity index (χ1v) is 3.93. The second-order valence-corrected chi connectivity index (χ2v) is 2.90. The molecule has 1 aliphatic carbocycles. The third-order valence-electron chi connectivity index (χ3n) is 1.43. The Morgan fingerprint density at radius 2 is 1.29 bits per heavy atom. The molecular weight excluding hydrogens is 194 g/mol. The van der Waals surface area contributed by atoms with Gasteiger partial charge in [-0.1, -0.05) is 0 Å². The van der Waals surface area contributed by atoms with Crippen LogP contribution in [0.3, 0.4) is 0 Å². The minimum absolute atomic E-state index is 0.583. The van der Waals surface area contributed by atoms with Crippen LogP contribution in [-0.4, -0.2) is 50.6 Å². The van der Waals surface area contributed by atoms with Crippen LogP contribution in [0, 0.1) is 0 Å². The first-order valence-electron chi connectivity index (χ1n) is 3.93. The van der Waals surface area contributed by atoms with Gasteiger partial charge in [0.15, 0.2) is 12.2 Å². The van der Waals surface area contributed by atoms with Crippen molar-refractivity contribution in [3.8, 4) is 0 Å². The van der Waals surface area contributed by atoms with Crippen molar-refractivity contribution in [3.63, 3.8) is 0 Å². The number of aliphatic hydroxyl groups is 2. The fourth-order valence-corrected chi connectivity index (χ4v) is 0.366. The number of aliphatic hydroxyl groups excluding tert-OH is 2. The molecule has 1 aliphatic rings. The molecule has 82 valence electrons. The molecular formula is C7H13NO6. The quantitative estimate of drug-likeness (QED) is 0.359. The van der Waals surface area contributed by atoms with Gasteiger partial charge in [0, 0.05) is 6.04 Å². The zero-order chi connectivity index (χ0) is 11.3. The smallest absolute Gasteiger partial charge is 0.335 e. The summed E-state index contributed by atoms with van der Waals surface area (Å²) in [5.74, 6) is -3.54. The van der Waals surface area contributed by atoms with E-state index in [0.29, 0.717) is 6.04 Å². The molecule has 6 N–H and O–H groups in total. The third kappa shape index (κ3) is 5.46. The van der Waals surface area contributed by atoms with E-state index in [9.17, 15) is 9.59 Å². The van der Waals surface area contributed by atoms with Crippen LogP contribution in [0.1, 0.15) is 12.8 Å². The van der Waals surface area contributed by atoms with Crippen LogP contribution in [0.4, 0.5) is 0 Å². The minimum atomic E-state index is -2.27. The summed E-state index contributed by atoms with van der Waals surface area (Å²) in [5.41, 5.74) is 5.22. The molecule has 0 aromatic heterocycles. The highest BCUT2D eigenvalue weighted by Crippen LogP contribution is 2.13. The van der Waals surface area contributed by atoms with Crippen LogP contribution in [-0.2, 0) is 9.59 Å². The van der Waals surface area contributed by atoms with Crippen molar-refractivity contribution in [2.24, 2.45) is 5.73 Å². The Morgan fingerprint density at radius 3 is 1.36 bits per heavy atom. The molecule has 2 unspecified atom stereocenters. The molecule has 7 heteroatoms. The monoisotopic (exact) mass is 207 g/mol. The van der Waals surface area contributed by atoms with Gasteiger partial charge in [-0.3, -0.25) is 0 Å². The summed E-state index contributed by atoms with van der Waals surface area (Å²) < 4.78 is 0. The van der Waals surface area contributed by atoms with E-state index < -0.39 is 24.1 Å². The van der Waals surface area contributed by atoms with Gasteiger partial charge in [0.05, 0.1) is 0 Å². The summed E-state index contributed by atoms with van der Waals surface area (Å²) in [6.45, 7) is 0. The molecule has 0 saturated heterocycles. The molecule has 0 amide bonds. The van der Waals surface area contributed by atoms with Crippen LogP contribution in [0.15, 0.2) is 0 Å².